The Kier molecular flexibility index (Phi) is 7.41. The number of nitrogens with one attached hydrogen (secondary N) is 1. The van der Waals surface area contributed by atoms with E-state index in [2.05, 4.69) is 34.7 Å². The van der Waals surface area contributed by atoms with Crippen molar-refractivity contribution >= 4 is 23.2 Å². The van der Waals surface area contributed by atoms with E-state index in [0.717, 1.165) is 37.4 Å². The monoisotopic (exact) mass is 439 g/mol. The van der Waals surface area contributed by atoms with Gasteiger partial charge in [0.25, 0.3) is 0 Å². The zero-order valence-corrected chi connectivity index (χ0v) is 19.2. The lowest BCUT2D eigenvalue weighted by Crippen LogP contribution is -2.48. The summed E-state index contributed by atoms with van der Waals surface area (Å²) in [7, 11) is 0. The van der Waals surface area contributed by atoms with Crippen molar-refractivity contribution in [1.29, 1.82) is 0 Å². The van der Waals surface area contributed by atoms with Gasteiger partial charge in [0, 0.05) is 24.4 Å². The van der Waals surface area contributed by atoms with Crippen molar-refractivity contribution in [1.82, 2.24) is 15.1 Å². The second-order valence-corrected chi connectivity index (χ2v) is 9.83. The van der Waals surface area contributed by atoms with Crippen molar-refractivity contribution in [2.75, 3.05) is 26.2 Å². The van der Waals surface area contributed by atoms with Crippen LogP contribution in [0.2, 0.25) is 0 Å². The van der Waals surface area contributed by atoms with E-state index in [1.165, 1.54) is 17.7 Å². The van der Waals surface area contributed by atoms with Gasteiger partial charge in [-0.25, -0.2) is 0 Å². The third-order valence-electron chi connectivity index (χ3n) is 6.64. The van der Waals surface area contributed by atoms with Crippen molar-refractivity contribution in [2.24, 2.45) is 5.92 Å². The van der Waals surface area contributed by atoms with Gasteiger partial charge >= 0.3 is 0 Å². The minimum Gasteiger partial charge on any atom is -0.352 e. The number of hydrogen-bond acceptors (Lipinski definition) is 4. The standard InChI is InChI=1S/C25H33N3O2S/c1-19-12-15-27(16-13-19)21(22-10-7-17-31-22)18-26-25(30)24(20-8-3-2-4-9-20)28-14-6-5-11-23(28)29/h2-4,7-10,17,19,21,24H,5-6,11-16,18H2,1H3,(H,26,30). The molecule has 0 saturated carbocycles. The van der Waals surface area contributed by atoms with E-state index in [4.69, 9.17) is 0 Å². The summed E-state index contributed by atoms with van der Waals surface area (Å²) in [6, 6.07) is 13.6. The highest BCUT2D eigenvalue weighted by Crippen LogP contribution is 2.30. The Bertz CT molecular complexity index is 847. The fourth-order valence-electron chi connectivity index (χ4n) is 4.73. The molecule has 1 aromatic carbocycles. The Labute approximate surface area is 189 Å². The molecule has 5 nitrogen and oxygen atoms in total. The molecule has 2 aliphatic rings. The number of piperidine rings is 2. The molecule has 2 aromatic rings. The number of hydrogen-bond donors (Lipinski definition) is 1. The topological polar surface area (TPSA) is 52.7 Å². The van der Waals surface area contributed by atoms with Gasteiger partial charge < -0.3 is 10.2 Å². The van der Waals surface area contributed by atoms with E-state index >= 15 is 0 Å². The first-order chi connectivity index (χ1) is 15.1. The molecular formula is C25H33N3O2S. The summed E-state index contributed by atoms with van der Waals surface area (Å²) in [5, 5.41) is 5.34. The molecule has 2 atom stereocenters. The third-order valence-corrected chi connectivity index (χ3v) is 7.61. The van der Waals surface area contributed by atoms with Crippen LogP contribution in [0.4, 0.5) is 0 Å². The fraction of sp³-hybridized carbons (Fsp3) is 0.520. The van der Waals surface area contributed by atoms with Gasteiger partial charge in [-0.3, -0.25) is 14.5 Å². The SMILES string of the molecule is CC1CCN(C(CNC(=O)C(c2ccccc2)N2CCCCC2=O)c2cccs2)CC1. The maximum Gasteiger partial charge on any atom is 0.247 e. The molecule has 2 saturated heterocycles. The molecule has 1 N–H and O–H groups in total. The number of carbonyl (C=O) groups is 2. The third kappa shape index (κ3) is 5.36. The van der Waals surface area contributed by atoms with Crippen LogP contribution in [0.25, 0.3) is 0 Å². The van der Waals surface area contributed by atoms with Crippen LogP contribution in [-0.4, -0.2) is 47.8 Å². The Balaban J connectivity index is 1.51. The number of amides is 2. The molecule has 4 rings (SSSR count). The van der Waals surface area contributed by atoms with E-state index in [-0.39, 0.29) is 17.9 Å². The predicted molar refractivity (Wildman–Crippen MR) is 125 cm³/mol. The normalized spacial score (nSPS) is 20.4. The largest absolute Gasteiger partial charge is 0.352 e. The summed E-state index contributed by atoms with van der Waals surface area (Å²) >= 11 is 1.75. The van der Waals surface area contributed by atoms with E-state index in [1.54, 1.807) is 16.2 Å². The smallest absolute Gasteiger partial charge is 0.247 e. The molecule has 31 heavy (non-hydrogen) atoms. The second-order valence-electron chi connectivity index (χ2n) is 8.85. The number of nitrogens with zero attached hydrogens (tertiary/aromatic N) is 2. The second kappa shape index (κ2) is 10.4. The zero-order valence-electron chi connectivity index (χ0n) is 18.3. The highest BCUT2D eigenvalue weighted by Gasteiger charge is 2.33. The summed E-state index contributed by atoms with van der Waals surface area (Å²) in [4.78, 5) is 31.7. The first-order valence-corrected chi connectivity index (χ1v) is 12.4. The molecule has 1 aromatic heterocycles. The molecule has 2 amide bonds. The number of thiophene rings is 1. The van der Waals surface area contributed by atoms with Gasteiger partial charge in [-0.1, -0.05) is 43.3 Å². The molecule has 0 bridgehead atoms. The molecule has 2 fully saturated rings. The number of likely N-dealkylation sites (tertiary alicyclic amines) is 2. The zero-order chi connectivity index (χ0) is 21.6. The van der Waals surface area contributed by atoms with E-state index in [9.17, 15) is 9.59 Å². The maximum atomic E-state index is 13.5. The molecule has 0 aliphatic carbocycles. The van der Waals surface area contributed by atoms with Crippen LogP contribution in [-0.2, 0) is 9.59 Å². The fourth-order valence-corrected chi connectivity index (χ4v) is 5.59. The minimum absolute atomic E-state index is 0.0756. The highest BCUT2D eigenvalue weighted by atomic mass is 32.1. The lowest BCUT2D eigenvalue weighted by Gasteiger charge is -2.37. The van der Waals surface area contributed by atoms with Gasteiger partial charge in [0.05, 0.1) is 6.04 Å². The van der Waals surface area contributed by atoms with Crippen LogP contribution in [0.3, 0.4) is 0 Å². The average Bonchev–Trinajstić information content (AvgIpc) is 3.32. The van der Waals surface area contributed by atoms with Crippen molar-refractivity contribution in [3.63, 3.8) is 0 Å². The molecule has 2 unspecified atom stereocenters. The lowest BCUT2D eigenvalue weighted by molar-refractivity contribution is -0.142. The molecule has 2 aliphatic heterocycles. The van der Waals surface area contributed by atoms with Crippen molar-refractivity contribution in [3.05, 3.63) is 58.3 Å². The molecule has 166 valence electrons. The van der Waals surface area contributed by atoms with E-state index in [0.29, 0.717) is 19.5 Å². The molecule has 0 spiro atoms. The average molecular weight is 440 g/mol. The summed E-state index contributed by atoms with van der Waals surface area (Å²) in [6.45, 7) is 5.65. The van der Waals surface area contributed by atoms with Gasteiger partial charge in [-0.15, -0.1) is 11.3 Å². The van der Waals surface area contributed by atoms with Gasteiger partial charge in [0.15, 0.2) is 0 Å². The van der Waals surface area contributed by atoms with Crippen molar-refractivity contribution in [2.45, 2.75) is 51.1 Å². The van der Waals surface area contributed by atoms with Crippen LogP contribution < -0.4 is 5.32 Å². The summed E-state index contributed by atoms with van der Waals surface area (Å²) in [6.07, 6.45) is 4.79. The van der Waals surface area contributed by atoms with Gasteiger partial charge in [-0.2, -0.15) is 0 Å². The molecular weight excluding hydrogens is 406 g/mol. The highest BCUT2D eigenvalue weighted by molar-refractivity contribution is 7.10. The summed E-state index contributed by atoms with van der Waals surface area (Å²) in [5.74, 6) is 0.769. The Morgan fingerprint density at radius 1 is 1.10 bits per heavy atom. The summed E-state index contributed by atoms with van der Waals surface area (Å²) in [5.41, 5.74) is 0.884. The lowest BCUT2D eigenvalue weighted by atomic mass is 9.97. The van der Waals surface area contributed by atoms with Crippen LogP contribution in [0, 0.1) is 5.92 Å². The number of benzene rings is 1. The first-order valence-electron chi connectivity index (χ1n) is 11.5. The molecule has 6 heteroatoms. The maximum absolute atomic E-state index is 13.5. The van der Waals surface area contributed by atoms with Crippen LogP contribution in [0.1, 0.15) is 61.6 Å². The number of rotatable bonds is 7. The minimum atomic E-state index is -0.556. The van der Waals surface area contributed by atoms with E-state index < -0.39 is 6.04 Å². The first kappa shape index (κ1) is 22.0. The van der Waals surface area contributed by atoms with Gasteiger partial charge in [0.1, 0.15) is 6.04 Å². The Morgan fingerprint density at radius 2 is 1.87 bits per heavy atom. The van der Waals surface area contributed by atoms with E-state index in [1.807, 2.05) is 30.3 Å². The quantitative estimate of drug-likeness (QED) is 0.696. The van der Waals surface area contributed by atoms with Crippen LogP contribution in [0.5, 0.6) is 0 Å². The molecule has 3 heterocycles. The molecule has 0 radical (unpaired) electrons. The van der Waals surface area contributed by atoms with Gasteiger partial charge in [-0.05, 0) is 61.7 Å². The predicted octanol–water partition coefficient (Wildman–Crippen LogP) is 4.39. The van der Waals surface area contributed by atoms with Crippen LogP contribution >= 0.6 is 11.3 Å². The Morgan fingerprint density at radius 3 is 2.55 bits per heavy atom. The van der Waals surface area contributed by atoms with Gasteiger partial charge in [0.2, 0.25) is 11.8 Å². The summed E-state index contributed by atoms with van der Waals surface area (Å²) < 4.78 is 0. The van der Waals surface area contributed by atoms with Crippen molar-refractivity contribution < 1.29 is 9.59 Å². The number of carbonyl (C=O) groups excluding carboxylic acids is 2. The van der Waals surface area contributed by atoms with Crippen molar-refractivity contribution in [3.8, 4) is 0 Å². The Hall–Kier alpha value is -2.18. The van der Waals surface area contributed by atoms with Crippen LogP contribution in [0.15, 0.2) is 47.8 Å².